The molecule has 0 aromatic heterocycles. The molecule has 5 nitrogen and oxygen atoms in total. The summed E-state index contributed by atoms with van der Waals surface area (Å²) in [5, 5.41) is 3.06. The van der Waals surface area contributed by atoms with Crippen LogP contribution < -0.4 is 5.32 Å². The zero-order chi connectivity index (χ0) is 13.8. The van der Waals surface area contributed by atoms with E-state index in [1.807, 2.05) is 6.92 Å². The molecular formula is C13H26N2O3. The molecule has 5 heteroatoms. The predicted molar refractivity (Wildman–Crippen MR) is 70.6 cm³/mol. The largest absolute Gasteiger partial charge is 0.383 e. The zero-order valence-electron chi connectivity index (χ0n) is 12.2. The van der Waals surface area contributed by atoms with Crippen LogP contribution in [0.3, 0.4) is 0 Å². The van der Waals surface area contributed by atoms with Crippen molar-refractivity contribution < 1.29 is 14.3 Å². The Morgan fingerprint density at radius 3 is 2.67 bits per heavy atom. The Morgan fingerprint density at radius 1 is 1.50 bits per heavy atom. The highest BCUT2D eigenvalue weighted by molar-refractivity contribution is 5.74. The Bertz CT molecular complexity index is 281. The van der Waals surface area contributed by atoms with Gasteiger partial charge >= 0.3 is 6.03 Å². The van der Waals surface area contributed by atoms with E-state index in [0.717, 1.165) is 13.0 Å². The minimum Gasteiger partial charge on any atom is -0.383 e. The number of hydrogen-bond acceptors (Lipinski definition) is 3. The van der Waals surface area contributed by atoms with Crippen LogP contribution in [0.4, 0.5) is 4.79 Å². The number of carbonyl (C=O) groups excluding carboxylic acids is 1. The Labute approximate surface area is 110 Å². The molecule has 1 rings (SSSR count). The first-order chi connectivity index (χ1) is 8.43. The maximum Gasteiger partial charge on any atom is 0.317 e. The van der Waals surface area contributed by atoms with Crippen LogP contribution in [0.15, 0.2) is 0 Å². The number of urea groups is 1. The van der Waals surface area contributed by atoms with E-state index in [9.17, 15) is 4.79 Å². The van der Waals surface area contributed by atoms with E-state index < -0.39 is 0 Å². The first kappa shape index (κ1) is 15.2. The first-order valence-corrected chi connectivity index (χ1v) is 6.55. The fourth-order valence-electron chi connectivity index (χ4n) is 2.20. The van der Waals surface area contributed by atoms with E-state index >= 15 is 0 Å². The van der Waals surface area contributed by atoms with Crippen molar-refractivity contribution in [2.45, 2.75) is 39.3 Å². The third kappa shape index (κ3) is 3.36. The smallest absolute Gasteiger partial charge is 0.317 e. The summed E-state index contributed by atoms with van der Waals surface area (Å²) in [6.45, 7) is 8.15. The quantitative estimate of drug-likeness (QED) is 0.785. The van der Waals surface area contributed by atoms with Crippen molar-refractivity contribution in [3.05, 3.63) is 0 Å². The molecule has 1 fully saturated rings. The number of hydrogen-bond donors (Lipinski definition) is 1. The third-order valence-electron chi connectivity index (χ3n) is 3.82. The molecule has 0 heterocycles. The monoisotopic (exact) mass is 258 g/mol. The summed E-state index contributed by atoms with van der Waals surface area (Å²) >= 11 is 0. The van der Waals surface area contributed by atoms with Crippen LogP contribution in [0.2, 0.25) is 0 Å². The van der Waals surface area contributed by atoms with Crippen LogP contribution in [0.25, 0.3) is 0 Å². The lowest BCUT2D eigenvalue weighted by molar-refractivity contribution is -0.111. The molecule has 2 atom stereocenters. The van der Waals surface area contributed by atoms with Gasteiger partial charge in [0.1, 0.15) is 0 Å². The second kappa shape index (κ2) is 6.38. The average Bonchev–Trinajstić information content (AvgIpc) is 2.34. The Balaban J connectivity index is 2.38. The van der Waals surface area contributed by atoms with Crippen molar-refractivity contribution in [3.63, 3.8) is 0 Å². The summed E-state index contributed by atoms with van der Waals surface area (Å²) < 4.78 is 10.6. The molecule has 0 radical (unpaired) electrons. The Hall–Kier alpha value is -0.810. The fraction of sp³-hybridized carbons (Fsp3) is 0.923. The lowest BCUT2D eigenvalue weighted by Gasteiger charge is -2.51. The summed E-state index contributed by atoms with van der Waals surface area (Å²) in [7, 11) is 3.41. The molecular weight excluding hydrogens is 232 g/mol. The van der Waals surface area contributed by atoms with E-state index in [4.69, 9.17) is 9.47 Å². The van der Waals surface area contributed by atoms with E-state index in [1.165, 1.54) is 0 Å². The molecule has 1 saturated carbocycles. The maximum atomic E-state index is 11.9. The number of carbonyl (C=O) groups is 1. The molecule has 0 bridgehead atoms. The van der Waals surface area contributed by atoms with Crippen LogP contribution >= 0.6 is 0 Å². The highest BCUT2D eigenvalue weighted by Crippen LogP contribution is 2.42. The van der Waals surface area contributed by atoms with Gasteiger partial charge in [0.25, 0.3) is 0 Å². The number of likely N-dealkylation sites (N-methyl/N-ethyl adjacent to an activating group) is 1. The fourth-order valence-corrected chi connectivity index (χ4v) is 2.20. The van der Waals surface area contributed by atoms with Gasteiger partial charge in [-0.3, -0.25) is 0 Å². The van der Waals surface area contributed by atoms with Gasteiger partial charge in [0.2, 0.25) is 0 Å². The highest BCUT2D eigenvalue weighted by atomic mass is 16.5. The molecule has 106 valence electrons. The molecule has 1 N–H and O–H groups in total. The molecule has 0 aromatic carbocycles. The van der Waals surface area contributed by atoms with Gasteiger partial charge in [-0.2, -0.15) is 0 Å². The van der Waals surface area contributed by atoms with E-state index in [2.05, 4.69) is 19.2 Å². The maximum absolute atomic E-state index is 11.9. The lowest BCUT2D eigenvalue weighted by Crippen LogP contribution is -2.63. The van der Waals surface area contributed by atoms with Crippen LogP contribution in [-0.4, -0.2) is 57.0 Å². The van der Waals surface area contributed by atoms with Crippen molar-refractivity contribution in [1.82, 2.24) is 10.2 Å². The predicted octanol–water partition coefficient (Wildman–Crippen LogP) is 1.48. The summed E-state index contributed by atoms with van der Waals surface area (Å²) in [5.41, 5.74) is 0.00770. The van der Waals surface area contributed by atoms with Gasteiger partial charge in [-0.05, 0) is 13.3 Å². The van der Waals surface area contributed by atoms with Gasteiger partial charge in [-0.1, -0.05) is 13.8 Å². The first-order valence-electron chi connectivity index (χ1n) is 6.55. The number of nitrogens with one attached hydrogen (secondary N) is 1. The van der Waals surface area contributed by atoms with Crippen molar-refractivity contribution in [3.8, 4) is 0 Å². The van der Waals surface area contributed by atoms with Gasteiger partial charge in [-0.25, -0.2) is 4.79 Å². The van der Waals surface area contributed by atoms with Crippen LogP contribution in [0.5, 0.6) is 0 Å². The van der Waals surface area contributed by atoms with Gasteiger partial charge < -0.3 is 19.7 Å². The summed E-state index contributed by atoms with van der Waals surface area (Å²) in [6, 6.07) is 0.145. The molecule has 0 aliphatic heterocycles. The van der Waals surface area contributed by atoms with E-state index in [1.54, 1.807) is 19.1 Å². The van der Waals surface area contributed by atoms with Gasteiger partial charge in [-0.15, -0.1) is 0 Å². The topological polar surface area (TPSA) is 50.8 Å². The molecule has 1 aliphatic rings. The van der Waals surface area contributed by atoms with Gasteiger partial charge in [0.15, 0.2) is 0 Å². The van der Waals surface area contributed by atoms with Crippen molar-refractivity contribution in [1.29, 1.82) is 0 Å². The number of ether oxygens (including phenoxy) is 2. The zero-order valence-corrected chi connectivity index (χ0v) is 12.2. The van der Waals surface area contributed by atoms with E-state index in [-0.39, 0.29) is 23.6 Å². The SMILES string of the molecule is CCOC1CC(NC(=O)N(C)CCOC)C1(C)C. The van der Waals surface area contributed by atoms with E-state index in [0.29, 0.717) is 13.2 Å². The Kier molecular flexibility index (Phi) is 5.41. The summed E-state index contributed by atoms with van der Waals surface area (Å²) in [4.78, 5) is 13.6. The number of nitrogens with zero attached hydrogens (tertiary/aromatic N) is 1. The second-order valence-electron chi connectivity index (χ2n) is 5.42. The van der Waals surface area contributed by atoms with Crippen LogP contribution in [0, 0.1) is 5.41 Å². The average molecular weight is 258 g/mol. The minimum atomic E-state index is -0.0416. The standard InChI is InChI=1S/C13H26N2O3/c1-6-18-11-9-10(13(11,2)3)14-12(16)15(4)7-8-17-5/h10-11H,6-9H2,1-5H3,(H,14,16). The number of rotatable bonds is 6. The van der Waals surface area contributed by atoms with Crippen molar-refractivity contribution in [2.75, 3.05) is 33.9 Å². The second-order valence-corrected chi connectivity index (χ2v) is 5.42. The number of amides is 2. The minimum absolute atomic E-state index is 0.00770. The third-order valence-corrected chi connectivity index (χ3v) is 3.82. The molecule has 2 amide bonds. The van der Waals surface area contributed by atoms with Crippen molar-refractivity contribution in [2.24, 2.45) is 5.41 Å². The van der Waals surface area contributed by atoms with Gasteiger partial charge in [0, 0.05) is 38.8 Å². The molecule has 2 unspecified atom stereocenters. The highest BCUT2D eigenvalue weighted by Gasteiger charge is 2.49. The Morgan fingerprint density at radius 2 is 2.17 bits per heavy atom. The normalized spacial score (nSPS) is 25.4. The molecule has 18 heavy (non-hydrogen) atoms. The van der Waals surface area contributed by atoms with Gasteiger partial charge in [0.05, 0.1) is 12.7 Å². The van der Waals surface area contributed by atoms with Crippen LogP contribution in [-0.2, 0) is 9.47 Å². The summed E-state index contributed by atoms with van der Waals surface area (Å²) in [6.07, 6.45) is 1.14. The van der Waals surface area contributed by atoms with Crippen molar-refractivity contribution >= 4 is 6.03 Å². The lowest BCUT2D eigenvalue weighted by atomic mass is 9.64. The molecule has 0 aromatic rings. The molecule has 1 aliphatic carbocycles. The number of methoxy groups -OCH3 is 1. The molecule has 0 spiro atoms. The summed E-state index contributed by atoms with van der Waals surface area (Å²) in [5.74, 6) is 0. The molecule has 0 saturated heterocycles. The van der Waals surface area contributed by atoms with Crippen LogP contribution in [0.1, 0.15) is 27.2 Å².